The number of alkyl halides is 1. The molecular weight excluding hydrogens is 344 g/mol. The second-order valence-corrected chi connectivity index (χ2v) is 9.06. The van der Waals surface area contributed by atoms with Gasteiger partial charge in [0.05, 0.1) is 11.1 Å². The van der Waals surface area contributed by atoms with Crippen molar-refractivity contribution in [1.82, 2.24) is 5.16 Å². The van der Waals surface area contributed by atoms with E-state index in [9.17, 15) is 9.59 Å². The highest BCUT2D eigenvalue weighted by Gasteiger charge is 2.61. The lowest BCUT2D eigenvalue weighted by atomic mass is 9.49. The number of nitrogens with zero attached hydrogens (tertiary/aromatic N) is 1. The molecule has 0 aromatic carbocycles. The Labute approximate surface area is 151 Å². The molecule has 1 N–H and O–H groups in total. The van der Waals surface area contributed by atoms with Gasteiger partial charge in [-0.15, -0.1) is 11.6 Å². The molecule has 5 rings (SSSR count). The fourth-order valence-corrected chi connectivity index (χ4v) is 6.07. The van der Waals surface area contributed by atoms with Crippen LogP contribution in [0.3, 0.4) is 0 Å². The maximum atomic E-state index is 12.9. The zero-order valence-electron chi connectivity index (χ0n) is 14.5. The van der Waals surface area contributed by atoms with Crippen molar-refractivity contribution in [3.8, 4) is 0 Å². The molecule has 3 atom stereocenters. The minimum Gasteiger partial charge on any atom is -0.452 e. The second kappa shape index (κ2) is 5.73. The number of hydrogen-bond donors (Lipinski definition) is 1. The number of hydrogen-bond acceptors (Lipinski definition) is 5. The number of ether oxygens (including phenoxy) is 1. The molecule has 3 unspecified atom stereocenters. The zero-order valence-corrected chi connectivity index (χ0v) is 15.3. The lowest BCUT2D eigenvalue weighted by Gasteiger charge is -2.58. The van der Waals surface area contributed by atoms with Gasteiger partial charge in [0.2, 0.25) is 5.88 Å². The third-order valence-corrected chi connectivity index (χ3v) is 6.39. The van der Waals surface area contributed by atoms with Crippen LogP contribution in [-0.4, -0.2) is 28.0 Å². The molecule has 4 aliphatic rings. The molecule has 0 spiro atoms. The largest absolute Gasteiger partial charge is 0.452 e. The van der Waals surface area contributed by atoms with Crippen molar-refractivity contribution in [1.29, 1.82) is 0 Å². The number of nitrogens with one attached hydrogen (secondary N) is 1. The van der Waals surface area contributed by atoms with Crippen LogP contribution in [0.25, 0.3) is 0 Å². The average Bonchev–Trinajstić information content (AvgIpc) is 2.89. The van der Waals surface area contributed by atoms with Crippen LogP contribution in [0.1, 0.15) is 51.1 Å². The van der Waals surface area contributed by atoms with Gasteiger partial charge in [-0.25, -0.2) is 0 Å². The van der Waals surface area contributed by atoms with Gasteiger partial charge in [-0.1, -0.05) is 5.16 Å². The van der Waals surface area contributed by atoms with E-state index in [1.54, 1.807) is 19.9 Å². The van der Waals surface area contributed by atoms with Gasteiger partial charge >= 0.3 is 5.97 Å². The minimum absolute atomic E-state index is 0.250. The molecule has 6 nitrogen and oxygen atoms in total. The Morgan fingerprint density at radius 1 is 1.36 bits per heavy atom. The number of carbonyl (C=O) groups excluding carboxylic acids is 2. The van der Waals surface area contributed by atoms with Crippen LogP contribution >= 0.6 is 11.6 Å². The average molecular weight is 367 g/mol. The van der Waals surface area contributed by atoms with Crippen LogP contribution in [-0.2, 0) is 14.3 Å². The summed E-state index contributed by atoms with van der Waals surface area (Å²) in [6.45, 7) is 3.34. The molecule has 25 heavy (non-hydrogen) atoms. The standard InChI is InChI=1S/C18H23ClN2O4/c1-10-3-14(25-21-10)20-15(22)11(2)24-16(23)17-5-12-4-13(6-17)8-18(19,7-12)9-17/h3,11-13H,4-9H2,1-2H3,(H,20,22). The van der Waals surface area contributed by atoms with Crippen molar-refractivity contribution < 1.29 is 18.8 Å². The van der Waals surface area contributed by atoms with Gasteiger partial charge in [0.25, 0.3) is 5.91 Å². The van der Waals surface area contributed by atoms with Gasteiger partial charge in [0, 0.05) is 10.9 Å². The molecule has 0 aliphatic heterocycles. The molecular formula is C18H23ClN2O4. The van der Waals surface area contributed by atoms with Crippen molar-refractivity contribution in [3.63, 3.8) is 0 Å². The fourth-order valence-electron chi connectivity index (χ4n) is 5.37. The molecule has 0 saturated heterocycles. The van der Waals surface area contributed by atoms with E-state index in [0.717, 1.165) is 25.7 Å². The molecule has 1 aromatic rings. The Hall–Kier alpha value is -1.56. The van der Waals surface area contributed by atoms with Crippen molar-refractivity contribution in [3.05, 3.63) is 11.8 Å². The molecule has 4 fully saturated rings. The molecule has 4 saturated carbocycles. The first-order valence-corrected chi connectivity index (χ1v) is 9.29. The maximum Gasteiger partial charge on any atom is 0.312 e. The highest BCUT2D eigenvalue weighted by Crippen LogP contribution is 2.64. The molecule has 7 heteroatoms. The highest BCUT2D eigenvalue weighted by atomic mass is 35.5. The lowest BCUT2D eigenvalue weighted by Crippen LogP contribution is -2.57. The Bertz CT molecular complexity index is 702. The Morgan fingerprint density at radius 2 is 2.04 bits per heavy atom. The van der Waals surface area contributed by atoms with E-state index < -0.39 is 17.4 Å². The summed E-state index contributed by atoms with van der Waals surface area (Å²) in [5.41, 5.74) is 0.157. The van der Waals surface area contributed by atoms with Gasteiger partial charge < -0.3 is 9.26 Å². The number of aromatic nitrogens is 1. The van der Waals surface area contributed by atoms with Crippen molar-refractivity contribution >= 4 is 29.4 Å². The summed E-state index contributed by atoms with van der Waals surface area (Å²) < 4.78 is 10.5. The van der Waals surface area contributed by atoms with Gasteiger partial charge in [0.15, 0.2) is 6.10 Å². The number of amides is 1. The molecule has 1 heterocycles. The Morgan fingerprint density at radius 3 is 2.60 bits per heavy atom. The third-order valence-electron chi connectivity index (χ3n) is 5.95. The number of aryl methyl sites for hydroxylation is 1. The predicted octanol–water partition coefficient (Wildman–Crippen LogP) is 3.43. The number of halogens is 1. The first-order chi connectivity index (χ1) is 11.8. The number of rotatable bonds is 4. The zero-order chi connectivity index (χ0) is 17.8. The second-order valence-electron chi connectivity index (χ2n) is 8.26. The predicted molar refractivity (Wildman–Crippen MR) is 91.1 cm³/mol. The fraction of sp³-hybridized carbons (Fsp3) is 0.722. The van der Waals surface area contributed by atoms with Crippen LogP contribution in [0.5, 0.6) is 0 Å². The smallest absolute Gasteiger partial charge is 0.312 e. The summed E-state index contributed by atoms with van der Waals surface area (Å²) in [7, 11) is 0. The van der Waals surface area contributed by atoms with Crippen LogP contribution in [0.4, 0.5) is 5.88 Å². The van der Waals surface area contributed by atoms with Gasteiger partial charge in [-0.05, 0) is 64.2 Å². The molecule has 136 valence electrons. The molecule has 1 aromatic heterocycles. The van der Waals surface area contributed by atoms with Crippen LogP contribution in [0, 0.1) is 24.2 Å². The van der Waals surface area contributed by atoms with E-state index in [1.165, 1.54) is 6.42 Å². The maximum absolute atomic E-state index is 12.9. The lowest BCUT2D eigenvalue weighted by molar-refractivity contribution is -0.176. The quantitative estimate of drug-likeness (QED) is 0.652. The van der Waals surface area contributed by atoms with E-state index >= 15 is 0 Å². The Kier molecular flexibility index (Phi) is 3.87. The number of esters is 1. The molecule has 0 radical (unpaired) electrons. The number of carbonyl (C=O) groups is 2. The summed E-state index contributed by atoms with van der Waals surface area (Å²) in [6, 6.07) is 1.61. The topological polar surface area (TPSA) is 81.4 Å². The van der Waals surface area contributed by atoms with Gasteiger partial charge in [-0.2, -0.15) is 0 Å². The normalized spacial score (nSPS) is 36.9. The van der Waals surface area contributed by atoms with Crippen LogP contribution in [0.15, 0.2) is 10.6 Å². The van der Waals surface area contributed by atoms with Crippen molar-refractivity contribution in [2.24, 2.45) is 17.3 Å². The minimum atomic E-state index is -0.891. The Balaban J connectivity index is 1.42. The SMILES string of the molecule is Cc1cc(NC(=O)C(C)OC(=O)C23CC4CC(CC(Cl)(C4)C2)C3)on1. The van der Waals surface area contributed by atoms with Crippen LogP contribution < -0.4 is 5.32 Å². The summed E-state index contributed by atoms with van der Waals surface area (Å²) in [6.07, 6.45) is 4.63. The first-order valence-electron chi connectivity index (χ1n) is 8.91. The summed E-state index contributed by atoms with van der Waals surface area (Å²) in [4.78, 5) is 24.9. The van der Waals surface area contributed by atoms with Gasteiger partial charge in [-0.3, -0.25) is 14.9 Å². The molecule has 4 aliphatic carbocycles. The van der Waals surface area contributed by atoms with E-state index in [-0.39, 0.29) is 16.7 Å². The van der Waals surface area contributed by atoms with E-state index in [1.807, 2.05) is 0 Å². The third kappa shape index (κ3) is 3.05. The van der Waals surface area contributed by atoms with Crippen LogP contribution in [0.2, 0.25) is 0 Å². The molecule has 1 amide bonds. The highest BCUT2D eigenvalue weighted by molar-refractivity contribution is 6.24. The van der Waals surface area contributed by atoms with Crippen molar-refractivity contribution in [2.75, 3.05) is 5.32 Å². The van der Waals surface area contributed by atoms with E-state index in [2.05, 4.69) is 10.5 Å². The summed E-state index contributed by atoms with van der Waals surface area (Å²) in [5, 5.41) is 6.29. The van der Waals surface area contributed by atoms with Crippen molar-refractivity contribution in [2.45, 2.75) is 63.4 Å². The van der Waals surface area contributed by atoms with E-state index in [0.29, 0.717) is 24.0 Å². The van der Waals surface area contributed by atoms with Gasteiger partial charge in [0.1, 0.15) is 0 Å². The first kappa shape index (κ1) is 16.9. The summed E-state index contributed by atoms with van der Waals surface area (Å²) in [5.74, 6) is 0.568. The molecule has 4 bridgehead atoms. The monoisotopic (exact) mass is 366 g/mol. The van der Waals surface area contributed by atoms with E-state index in [4.69, 9.17) is 20.9 Å². The summed E-state index contributed by atoms with van der Waals surface area (Å²) >= 11 is 6.77. The number of anilines is 1.